The number of nitrogens with two attached hydrogens (primary N) is 1. The van der Waals surface area contributed by atoms with Gasteiger partial charge in [0.15, 0.2) is 0 Å². The molecule has 0 radical (unpaired) electrons. The number of aromatic nitrogens is 1. The van der Waals surface area contributed by atoms with Crippen LogP contribution in [0.15, 0.2) is 6.20 Å². The molecule has 0 spiro atoms. The number of anilines is 1. The van der Waals surface area contributed by atoms with Gasteiger partial charge >= 0.3 is 5.69 Å². The largest absolute Gasteiger partial charge is 0.393 e. The molecule has 0 amide bonds. The molecule has 1 aromatic heterocycles. The number of nitrogen functional groups attached to an aromatic ring is 1. The SMILES string of the molecule is Cc1c(Cl)ncc([N+](=O)[O-])c1N. The van der Waals surface area contributed by atoms with Crippen molar-refractivity contribution < 1.29 is 4.92 Å². The van der Waals surface area contributed by atoms with E-state index in [0.717, 1.165) is 6.20 Å². The fraction of sp³-hybridized carbons (Fsp3) is 0.167. The summed E-state index contributed by atoms with van der Waals surface area (Å²) in [5, 5.41) is 10.5. The zero-order valence-corrected chi connectivity index (χ0v) is 7.00. The Hall–Kier alpha value is -1.36. The Morgan fingerprint density at radius 2 is 2.33 bits per heavy atom. The van der Waals surface area contributed by atoms with Crippen LogP contribution >= 0.6 is 11.6 Å². The van der Waals surface area contributed by atoms with Crippen LogP contribution in [0.2, 0.25) is 5.15 Å². The number of pyridine rings is 1. The second-order valence-corrected chi connectivity index (χ2v) is 2.59. The molecule has 0 saturated heterocycles. The van der Waals surface area contributed by atoms with Gasteiger partial charge in [0.25, 0.3) is 0 Å². The first-order valence-corrected chi connectivity index (χ1v) is 3.46. The van der Waals surface area contributed by atoms with Crippen molar-refractivity contribution in [1.29, 1.82) is 0 Å². The topological polar surface area (TPSA) is 82.0 Å². The lowest BCUT2D eigenvalue weighted by molar-refractivity contribution is -0.384. The lowest BCUT2D eigenvalue weighted by atomic mass is 10.2. The molecule has 2 N–H and O–H groups in total. The number of nitro groups is 1. The van der Waals surface area contributed by atoms with Gasteiger partial charge in [0.2, 0.25) is 0 Å². The normalized spacial score (nSPS) is 9.83. The van der Waals surface area contributed by atoms with Gasteiger partial charge < -0.3 is 5.73 Å². The quantitative estimate of drug-likeness (QED) is 0.411. The maximum Gasteiger partial charge on any atom is 0.310 e. The maximum atomic E-state index is 10.3. The second kappa shape index (κ2) is 2.94. The molecule has 0 unspecified atom stereocenters. The molecule has 0 fully saturated rings. The Labute approximate surface area is 73.3 Å². The Morgan fingerprint density at radius 1 is 1.75 bits per heavy atom. The zero-order chi connectivity index (χ0) is 9.30. The molecule has 0 aliphatic heterocycles. The Balaban J connectivity index is 3.36. The van der Waals surface area contributed by atoms with Gasteiger partial charge in [-0.2, -0.15) is 0 Å². The van der Waals surface area contributed by atoms with Crippen molar-refractivity contribution in [2.24, 2.45) is 0 Å². The standard InChI is InChI=1S/C6H6ClN3O2/c1-3-5(8)4(10(11)12)2-9-6(3)7/h2H,1H3,(H2,8,9). The van der Waals surface area contributed by atoms with Crippen molar-refractivity contribution in [3.8, 4) is 0 Å². The molecule has 6 heteroatoms. The summed E-state index contributed by atoms with van der Waals surface area (Å²) in [6.07, 6.45) is 1.05. The molecule has 0 saturated carbocycles. The highest BCUT2D eigenvalue weighted by molar-refractivity contribution is 6.30. The number of nitrogens with zero attached hydrogens (tertiary/aromatic N) is 2. The van der Waals surface area contributed by atoms with E-state index in [0.29, 0.717) is 5.56 Å². The van der Waals surface area contributed by atoms with Crippen molar-refractivity contribution in [3.63, 3.8) is 0 Å². The highest BCUT2D eigenvalue weighted by Crippen LogP contribution is 2.27. The van der Waals surface area contributed by atoms with Crippen molar-refractivity contribution >= 4 is 23.0 Å². The Kier molecular flexibility index (Phi) is 2.14. The summed E-state index contributed by atoms with van der Waals surface area (Å²) in [5.74, 6) is 0. The maximum absolute atomic E-state index is 10.3. The molecular formula is C6H6ClN3O2. The molecule has 0 bridgehead atoms. The van der Waals surface area contributed by atoms with Crippen LogP contribution in [0.3, 0.4) is 0 Å². The fourth-order valence-electron chi connectivity index (χ4n) is 0.733. The van der Waals surface area contributed by atoms with Gasteiger partial charge in [-0.05, 0) is 6.92 Å². The molecule has 5 nitrogen and oxygen atoms in total. The van der Waals surface area contributed by atoms with E-state index in [4.69, 9.17) is 17.3 Å². The number of hydrogen-bond donors (Lipinski definition) is 1. The van der Waals surface area contributed by atoms with E-state index in [-0.39, 0.29) is 16.5 Å². The minimum atomic E-state index is -0.592. The second-order valence-electron chi connectivity index (χ2n) is 2.23. The highest BCUT2D eigenvalue weighted by atomic mass is 35.5. The van der Waals surface area contributed by atoms with Gasteiger partial charge in [0, 0.05) is 5.56 Å². The molecule has 0 aliphatic rings. The first kappa shape index (κ1) is 8.73. The smallest absolute Gasteiger partial charge is 0.310 e. The third-order valence-corrected chi connectivity index (χ3v) is 1.87. The number of rotatable bonds is 1. The van der Waals surface area contributed by atoms with Crippen LogP contribution in [0.5, 0.6) is 0 Å². The van der Waals surface area contributed by atoms with Crippen LogP contribution in [0, 0.1) is 17.0 Å². The van der Waals surface area contributed by atoms with E-state index < -0.39 is 4.92 Å². The molecule has 1 rings (SSSR count). The molecular weight excluding hydrogens is 182 g/mol. The molecule has 0 aromatic carbocycles. The van der Waals surface area contributed by atoms with Gasteiger partial charge in [-0.25, -0.2) is 4.98 Å². The third-order valence-electron chi connectivity index (χ3n) is 1.49. The van der Waals surface area contributed by atoms with Crippen LogP contribution in [-0.2, 0) is 0 Å². The monoisotopic (exact) mass is 187 g/mol. The predicted octanol–water partition coefficient (Wildman–Crippen LogP) is 1.53. The zero-order valence-electron chi connectivity index (χ0n) is 6.24. The van der Waals surface area contributed by atoms with Crippen LogP contribution in [0.4, 0.5) is 11.4 Å². The van der Waals surface area contributed by atoms with Gasteiger partial charge in [-0.15, -0.1) is 0 Å². The van der Waals surface area contributed by atoms with Gasteiger partial charge in [-0.3, -0.25) is 10.1 Å². The van der Waals surface area contributed by atoms with Gasteiger partial charge in [0.05, 0.1) is 4.92 Å². The average Bonchev–Trinajstić information content (AvgIpc) is 2.00. The fourth-order valence-corrected chi connectivity index (χ4v) is 0.883. The van der Waals surface area contributed by atoms with Crippen molar-refractivity contribution in [2.45, 2.75) is 6.92 Å². The molecule has 0 aliphatic carbocycles. The summed E-state index contributed by atoms with van der Waals surface area (Å²) in [7, 11) is 0. The number of halogens is 1. The van der Waals surface area contributed by atoms with Gasteiger partial charge in [0.1, 0.15) is 17.0 Å². The van der Waals surface area contributed by atoms with Crippen molar-refractivity contribution in [2.75, 3.05) is 5.73 Å². The Bertz CT molecular complexity index is 340. The number of hydrogen-bond acceptors (Lipinski definition) is 4. The lowest BCUT2D eigenvalue weighted by Crippen LogP contribution is -1.99. The van der Waals surface area contributed by atoms with Crippen LogP contribution in [0.25, 0.3) is 0 Å². The van der Waals surface area contributed by atoms with E-state index in [2.05, 4.69) is 4.98 Å². The van der Waals surface area contributed by atoms with Crippen molar-refractivity contribution in [1.82, 2.24) is 4.98 Å². The minimum absolute atomic E-state index is 0.0694. The van der Waals surface area contributed by atoms with E-state index in [1.54, 1.807) is 6.92 Å². The van der Waals surface area contributed by atoms with Crippen LogP contribution in [-0.4, -0.2) is 9.91 Å². The molecule has 0 atom stereocenters. The van der Waals surface area contributed by atoms with E-state index in [1.807, 2.05) is 0 Å². The van der Waals surface area contributed by atoms with E-state index in [9.17, 15) is 10.1 Å². The summed E-state index contributed by atoms with van der Waals surface area (Å²) in [5.41, 5.74) is 5.71. The molecule has 1 heterocycles. The molecule has 12 heavy (non-hydrogen) atoms. The highest BCUT2D eigenvalue weighted by Gasteiger charge is 2.15. The lowest BCUT2D eigenvalue weighted by Gasteiger charge is -2.01. The van der Waals surface area contributed by atoms with Crippen LogP contribution < -0.4 is 5.73 Å². The predicted molar refractivity (Wildman–Crippen MR) is 45.1 cm³/mol. The summed E-state index contributed by atoms with van der Waals surface area (Å²) >= 11 is 5.58. The summed E-state index contributed by atoms with van der Waals surface area (Å²) in [6.45, 7) is 1.58. The first-order valence-electron chi connectivity index (χ1n) is 3.09. The summed E-state index contributed by atoms with van der Waals surface area (Å²) < 4.78 is 0. The van der Waals surface area contributed by atoms with Crippen molar-refractivity contribution in [3.05, 3.63) is 27.0 Å². The summed E-state index contributed by atoms with van der Waals surface area (Å²) in [6, 6.07) is 0. The van der Waals surface area contributed by atoms with E-state index >= 15 is 0 Å². The van der Waals surface area contributed by atoms with Gasteiger partial charge in [-0.1, -0.05) is 11.6 Å². The molecule has 1 aromatic rings. The molecule has 64 valence electrons. The van der Waals surface area contributed by atoms with E-state index in [1.165, 1.54) is 0 Å². The average molecular weight is 188 g/mol. The first-order chi connectivity index (χ1) is 5.54. The summed E-state index contributed by atoms with van der Waals surface area (Å²) in [4.78, 5) is 13.3. The van der Waals surface area contributed by atoms with Crippen LogP contribution in [0.1, 0.15) is 5.56 Å². The third kappa shape index (κ3) is 1.31. The Morgan fingerprint density at radius 3 is 2.83 bits per heavy atom. The minimum Gasteiger partial charge on any atom is -0.393 e.